The van der Waals surface area contributed by atoms with Crippen molar-refractivity contribution in [3.8, 4) is 22.9 Å². The van der Waals surface area contributed by atoms with E-state index in [1.807, 2.05) is 18.2 Å². The van der Waals surface area contributed by atoms with E-state index in [0.29, 0.717) is 67.2 Å². The molecule has 0 radical (unpaired) electrons. The van der Waals surface area contributed by atoms with Gasteiger partial charge >= 0.3 is 5.97 Å². The van der Waals surface area contributed by atoms with Gasteiger partial charge in [0.05, 0.1) is 41.7 Å². The molecule has 0 unspecified atom stereocenters. The third kappa shape index (κ3) is 5.42. The number of pyridine rings is 2. The molecule has 0 bridgehead atoms. The molecule has 4 aromatic rings. The van der Waals surface area contributed by atoms with Gasteiger partial charge in [0.1, 0.15) is 18.1 Å². The largest absolute Gasteiger partial charge is 0.508 e. The number of phenols is 1. The first-order valence-corrected chi connectivity index (χ1v) is 15.2. The van der Waals surface area contributed by atoms with E-state index in [2.05, 4.69) is 12.2 Å². The SMILES string of the molecule is CCc1c2c(nc3ccc(OCCCNC(=O)[C@@H](N)Cc4ccc(O)cc4)cc13)-c1cc3c(c(=O)n1C2)COC(=O)[C@]3(O)CC. The third-order valence-corrected chi connectivity index (χ3v) is 8.75. The number of amides is 1. The topological polar surface area (TPSA) is 166 Å². The zero-order valence-corrected chi connectivity index (χ0v) is 25.3. The van der Waals surface area contributed by atoms with Crippen molar-refractivity contribution in [1.29, 1.82) is 0 Å². The molecule has 4 heterocycles. The van der Waals surface area contributed by atoms with Gasteiger partial charge in [-0.05, 0) is 73.2 Å². The number of ether oxygens (including phenoxy) is 2. The fourth-order valence-electron chi connectivity index (χ4n) is 6.22. The predicted octanol–water partition coefficient (Wildman–Crippen LogP) is 2.80. The van der Waals surface area contributed by atoms with Crippen molar-refractivity contribution >= 4 is 22.8 Å². The van der Waals surface area contributed by atoms with E-state index in [-0.39, 0.29) is 30.2 Å². The quantitative estimate of drug-likeness (QED) is 0.137. The first-order valence-electron chi connectivity index (χ1n) is 15.2. The zero-order chi connectivity index (χ0) is 31.9. The van der Waals surface area contributed by atoms with Gasteiger partial charge in [-0.2, -0.15) is 0 Å². The average Bonchev–Trinajstić information content (AvgIpc) is 3.41. The Labute approximate surface area is 259 Å². The van der Waals surface area contributed by atoms with Crippen molar-refractivity contribution in [2.75, 3.05) is 13.2 Å². The van der Waals surface area contributed by atoms with Gasteiger partial charge in [0, 0.05) is 23.1 Å². The number of rotatable bonds is 10. The van der Waals surface area contributed by atoms with Crippen molar-refractivity contribution in [2.24, 2.45) is 5.73 Å². The van der Waals surface area contributed by atoms with Gasteiger partial charge in [-0.3, -0.25) is 9.59 Å². The van der Waals surface area contributed by atoms with Gasteiger partial charge in [0.25, 0.3) is 5.56 Å². The van der Waals surface area contributed by atoms with Crippen LogP contribution in [0, 0.1) is 0 Å². The van der Waals surface area contributed by atoms with Crippen LogP contribution < -0.4 is 21.3 Å². The molecule has 2 aliphatic rings. The number of nitrogens with two attached hydrogens (primary N) is 1. The van der Waals surface area contributed by atoms with Crippen molar-refractivity contribution < 1.29 is 29.3 Å². The lowest BCUT2D eigenvalue weighted by molar-refractivity contribution is -0.172. The summed E-state index contributed by atoms with van der Waals surface area (Å²) in [6, 6.07) is 13.3. The molecule has 234 valence electrons. The van der Waals surface area contributed by atoms with Crippen molar-refractivity contribution in [3.05, 3.63) is 86.7 Å². The van der Waals surface area contributed by atoms with Gasteiger partial charge in [0.2, 0.25) is 5.91 Å². The maximum absolute atomic E-state index is 13.5. The molecule has 0 saturated heterocycles. The van der Waals surface area contributed by atoms with Crippen LogP contribution in [-0.2, 0) is 45.9 Å². The summed E-state index contributed by atoms with van der Waals surface area (Å²) in [5, 5.41) is 24.3. The smallest absolute Gasteiger partial charge is 0.343 e. The fourth-order valence-corrected chi connectivity index (χ4v) is 6.22. The Morgan fingerprint density at radius 3 is 2.67 bits per heavy atom. The second-order valence-corrected chi connectivity index (χ2v) is 11.5. The summed E-state index contributed by atoms with van der Waals surface area (Å²) in [6.45, 7) is 4.69. The minimum absolute atomic E-state index is 0.0870. The molecule has 0 aliphatic carbocycles. The minimum atomic E-state index is -1.87. The Hall–Kier alpha value is -4.74. The summed E-state index contributed by atoms with van der Waals surface area (Å²) in [5.41, 5.74) is 9.32. The Balaban J connectivity index is 1.15. The highest BCUT2D eigenvalue weighted by Gasteiger charge is 2.45. The van der Waals surface area contributed by atoms with Crippen LogP contribution in [0.3, 0.4) is 0 Å². The number of aromatic hydroxyl groups is 1. The number of aryl methyl sites for hydroxylation is 1. The average molecular weight is 613 g/mol. The van der Waals surface area contributed by atoms with Crippen LogP contribution in [-0.4, -0.2) is 50.8 Å². The van der Waals surface area contributed by atoms with Crippen molar-refractivity contribution in [2.45, 2.75) is 64.3 Å². The van der Waals surface area contributed by atoms with E-state index in [1.54, 1.807) is 41.8 Å². The summed E-state index contributed by atoms with van der Waals surface area (Å²) in [7, 11) is 0. The second kappa shape index (κ2) is 12.0. The van der Waals surface area contributed by atoms with E-state index in [9.17, 15) is 24.6 Å². The number of carbonyl (C=O) groups is 2. The molecule has 0 spiro atoms. The van der Waals surface area contributed by atoms with Gasteiger partial charge in [-0.25, -0.2) is 9.78 Å². The summed E-state index contributed by atoms with van der Waals surface area (Å²) in [4.78, 5) is 43.4. The number of hydrogen-bond donors (Lipinski definition) is 4. The van der Waals surface area contributed by atoms with E-state index >= 15 is 0 Å². The van der Waals surface area contributed by atoms with Gasteiger partial charge in [-0.15, -0.1) is 0 Å². The normalized spacial score (nSPS) is 17.3. The molecular weight excluding hydrogens is 576 g/mol. The maximum atomic E-state index is 13.5. The number of nitrogens with one attached hydrogen (secondary N) is 1. The van der Waals surface area contributed by atoms with Crippen molar-refractivity contribution in [3.63, 3.8) is 0 Å². The number of benzene rings is 2. The van der Waals surface area contributed by atoms with Crippen LogP contribution >= 0.6 is 0 Å². The molecule has 6 rings (SSSR count). The van der Waals surface area contributed by atoms with Gasteiger partial charge in [-0.1, -0.05) is 26.0 Å². The number of cyclic esters (lactones) is 1. The molecule has 2 aromatic carbocycles. The number of nitrogens with zero attached hydrogens (tertiary/aromatic N) is 2. The van der Waals surface area contributed by atoms with Crippen LogP contribution in [0.4, 0.5) is 0 Å². The molecule has 0 fully saturated rings. The van der Waals surface area contributed by atoms with Crippen LogP contribution in [0.25, 0.3) is 22.3 Å². The highest BCUT2D eigenvalue weighted by Crippen LogP contribution is 2.40. The second-order valence-electron chi connectivity index (χ2n) is 11.5. The summed E-state index contributed by atoms with van der Waals surface area (Å²) in [6.07, 6.45) is 1.74. The lowest BCUT2D eigenvalue weighted by Crippen LogP contribution is -2.44. The molecule has 11 heteroatoms. The number of hydrogen-bond acceptors (Lipinski definition) is 9. The molecule has 0 saturated carbocycles. The zero-order valence-electron chi connectivity index (χ0n) is 25.3. The number of carbonyl (C=O) groups excluding carboxylic acids is 2. The number of aliphatic hydroxyl groups is 1. The Morgan fingerprint density at radius 2 is 1.93 bits per heavy atom. The van der Waals surface area contributed by atoms with E-state index in [4.69, 9.17) is 20.2 Å². The fraction of sp³-hybridized carbons (Fsp3) is 0.353. The lowest BCUT2D eigenvalue weighted by atomic mass is 9.86. The first-order chi connectivity index (χ1) is 21.6. The number of phenolic OH excluding ortho intramolecular Hbond substituents is 1. The Bertz CT molecular complexity index is 1870. The van der Waals surface area contributed by atoms with E-state index in [1.165, 1.54) is 0 Å². The van der Waals surface area contributed by atoms with Gasteiger partial charge in [0.15, 0.2) is 5.60 Å². The summed E-state index contributed by atoms with van der Waals surface area (Å²) in [5.74, 6) is -0.163. The third-order valence-electron chi connectivity index (χ3n) is 8.75. The standard InChI is InChI=1S/C34H36N4O7/c1-3-22-23-15-21(44-13-5-12-36-31(40)27(35)14-19-6-8-20(39)9-7-19)10-11-28(23)37-30-24(22)17-38-29(30)16-26-25(32(38)41)18-45-33(42)34(26,43)4-2/h6-11,15-16,27,39,43H,3-5,12-14,17-18,35H2,1-2H3,(H,36,40)/t27-,34-/m0/s1. The lowest BCUT2D eigenvalue weighted by Gasteiger charge is -2.31. The Kier molecular flexibility index (Phi) is 8.07. The number of aromatic nitrogens is 2. The minimum Gasteiger partial charge on any atom is -0.508 e. The molecule has 11 nitrogen and oxygen atoms in total. The molecule has 2 aromatic heterocycles. The maximum Gasteiger partial charge on any atom is 0.343 e. The van der Waals surface area contributed by atoms with Crippen LogP contribution in [0.5, 0.6) is 11.5 Å². The molecule has 45 heavy (non-hydrogen) atoms. The monoisotopic (exact) mass is 612 g/mol. The van der Waals surface area contributed by atoms with E-state index in [0.717, 1.165) is 27.6 Å². The highest BCUT2D eigenvalue weighted by molar-refractivity contribution is 5.90. The molecule has 2 aliphatic heterocycles. The number of fused-ring (bicyclic) bond motifs is 5. The summed E-state index contributed by atoms with van der Waals surface area (Å²) < 4.78 is 12.8. The number of esters is 1. The van der Waals surface area contributed by atoms with Crippen LogP contribution in [0.1, 0.15) is 54.5 Å². The molecular formula is C34H36N4O7. The molecule has 1 amide bonds. The molecule has 5 N–H and O–H groups in total. The van der Waals surface area contributed by atoms with Crippen LogP contribution in [0.15, 0.2) is 53.3 Å². The van der Waals surface area contributed by atoms with Gasteiger partial charge < -0.3 is 35.3 Å². The van der Waals surface area contributed by atoms with Crippen LogP contribution in [0.2, 0.25) is 0 Å². The summed E-state index contributed by atoms with van der Waals surface area (Å²) >= 11 is 0. The van der Waals surface area contributed by atoms with Crippen molar-refractivity contribution in [1.82, 2.24) is 14.9 Å². The Morgan fingerprint density at radius 1 is 1.16 bits per heavy atom. The first kappa shape index (κ1) is 30.3. The molecule has 2 atom stereocenters. The highest BCUT2D eigenvalue weighted by atomic mass is 16.6. The predicted molar refractivity (Wildman–Crippen MR) is 167 cm³/mol. The van der Waals surface area contributed by atoms with E-state index < -0.39 is 17.6 Å².